The van der Waals surface area contributed by atoms with Crippen LogP contribution in [0.5, 0.6) is 0 Å². The lowest BCUT2D eigenvalue weighted by Gasteiger charge is -2.60. The number of piperidine rings is 1. The highest BCUT2D eigenvalue weighted by Crippen LogP contribution is 2.61. The van der Waals surface area contributed by atoms with Gasteiger partial charge in [0.05, 0.1) is 12.7 Å². The molecule has 174 valence electrons. The molecule has 1 N–H and O–H groups in total. The number of benzene rings is 1. The lowest BCUT2D eigenvalue weighted by Crippen LogP contribution is -2.54. The van der Waals surface area contributed by atoms with Crippen molar-refractivity contribution >= 4 is 11.9 Å². The molecule has 0 radical (unpaired) electrons. The van der Waals surface area contributed by atoms with Crippen molar-refractivity contribution in [2.75, 3.05) is 26.7 Å². The van der Waals surface area contributed by atoms with Gasteiger partial charge in [0, 0.05) is 32.3 Å². The summed E-state index contributed by atoms with van der Waals surface area (Å²) in [4.78, 5) is 26.7. The summed E-state index contributed by atoms with van der Waals surface area (Å²) < 4.78 is 4.80. The van der Waals surface area contributed by atoms with E-state index in [-0.39, 0.29) is 11.9 Å². The lowest BCUT2D eigenvalue weighted by molar-refractivity contribution is -0.120. The van der Waals surface area contributed by atoms with Crippen molar-refractivity contribution in [1.29, 1.82) is 0 Å². The van der Waals surface area contributed by atoms with Crippen LogP contribution in [0, 0.1) is 30.1 Å². The van der Waals surface area contributed by atoms with E-state index in [4.69, 9.17) is 4.74 Å². The van der Waals surface area contributed by atoms with Crippen LogP contribution in [0.25, 0.3) is 0 Å². The zero-order valence-corrected chi connectivity index (χ0v) is 20.1. The van der Waals surface area contributed by atoms with Gasteiger partial charge >= 0.3 is 5.97 Å². The quantitative estimate of drug-likeness (QED) is 0.525. The van der Waals surface area contributed by atoms with Crippen LogP contribution in [-0.4, -0.2) is 43.5 Å². The van der Waals surface area contributed by atoms with Gasteiger partial charge in [-0.05, 0) is 85.5 Å². The van der Waals surface area contributed by atoms with Crippen molar-refractivity contribution in [3.05, 3.63) is 46.5 Å². The molecule has 4 fully saturated rings. The SMILES string of the molecule is COC(=O)c1ccc(CN2CCC(=CC(=O)NC[C@@H]3CC[C@H]4C[C@@H]3C4(C)C)CC2)c(C)c1. The van der Waals surface area contributed by atoms with E-state index in [1.165, 1.54) is 37.5 Å². The van der Waals surface area contributed by atoms with E-state index in [1.54, 1.807) is 0 Å². The van der Waals surface area contributed by atoms with Crippen molar-refractivity contribution in [2.45, 2.75) is 59.4 Å². The molecular formula is C27H38N2O3. The third-order valence-corrected chi connectivity index (χ3v) is 8.53. The third kappa shape index (κ3) is 4.78. The van der Waals surface area contributed by atoms with E-state index in [0.717, 1.165) is 56.4 Å². The Morgan fingerprint density at radius 1 is 1.22 bits per heavy atom. The second-order valence-electron chi connectivity index (χ2n) is 10.7. The number of carbonyl (C=O) groups excluding carboxylic acids is 2. The number of esters is 1. The molecule has 0 unspecified atom stereocenters. The van der Waals surface area contributed by atoms with Gasteiger partial charge in [0.25, 0.3) is 0 Å². The molecule has 5 rings (SSSR count). The molecule has 1 aromatic carbocycles. The Balaban J connectivity index is 1.23. The van der Waals surface area contributed by atoms with Gasteiger partial charge < -0.3 is 10.1 Å². The molecule has 4 aliphatic rings. The molecule has 32 heavy (non-hydrogen) atoms. The number of nitrogens with zero attached hydrogens (tertiary/aromatic N) is 1. The number of aryl methyl sites for hydroxylation is 1. The van der Waals surface area contributed by atoms with E-state index in [1.807, 2.05) is 31.2 Å². The molecule has 1 aliphatic heterocycles. The Labute approximate surface area is 192 Å². The number of fused-ring (bicyclic) bond motifs is 2. The van der Waals surface area contributed by atoms with Crippen molar-refractivity contribution in [3.8, 4) is 0 Å². The standard InChI is InChI=1S/C27H38N2O3/c1-18-13-20(26(31)32-4)5-6-22(18)17-29-11-9-19(10-12-29)14-25(30)28-16-21-7-8-23-15-24(21)27(23,2)3/h5-6,13-14,21,23-24H,7-12,15-17H2,1-4H3,(H,28,30)/t21-,23-,24-/m0/s1. The first-order valence-electron chi connectivity index (χ1n) is 12.2. The number of amides is 1. The van der Waals surface area contributed by atoms with Gasteiger partial charge in [-0.3, -0.25) is 9.69 Å². The van der Waals surface area contributed by atoms with Crippen LogP contribution in [-0.2, 0) is 16.1 Å². The van der Waals surface area contributed by atoms with Crippen LogP contribution < -0.4 is 5.32 Å². The van der Waals surface area contributed by atoms with Gasteiger partial charge in [-0.2, -0.15) is 0 Å². The molecule has 1 aromatic rings. The molecule has 2 bridgehead atoms. The monoisotopic (exact) mass is 438 g/mol. The molecule has 3 atom stereocenters. The highest BCUT2D eigenvalue weighted by Gasteiger charge is 2.53. The number of rotatable bonds is 6. The maximum absolute atomic E-state index is 12.5. The molecule has 3 saturated carbocycles. The maximum atomic E-state index is 12.5. The first kappa shape index (κ1) is 23.0. The van der Waals surface area contributed by atoms with Crippen LogP contribution >= 0.6 is 0 Å². The second-order valence-corrected chi connectivity index (χ2v) is 10.7. The number of likely N-dealkylation sites (tertiary alicyclic amines) is 1. The summed E-state index contributed by atoms with van der Waals surface area (Å²) in [6.45, 7) is 10.5. The fourth-order valence-electron chi connectivity index (χ4n) is 6.18. The van der Waals surface area contributed by atoms with Crippen LogP contribution in [0.3, 0.4) is 0 Å². The van der Waals surface area contributed by atoms with Crippen molar-refractivity contribution in [2.24, 2.45) is 23.2 Å². The molecule has 3 aliphatic carbocycles. The van der Waals surface area contributed by atoms with Crippen molar-refractivity contribution in [3.63, 3.8) is 0 Å². The Morgan fingerprint density at radius 3 is 2.59 bits per heavy atom. The van der Waals surface area contributed by atoms with E-state index >= 15 is 0 Å². The molecule has 5 heteroatoms. The number of hydrogen-bond donors (Lipinski definition) is 1. The smallest absolute Gasteiger partial charge is 0.337 e. The fourth-order valence-corrected chi connectivity index (χ4v) is 6.18. The predicted octanol–water partition coefficient (Wildman–Crippen LogP) is 4.49. The maximum Gasteiger partial charge on any atom is 0.337 e. The van der Waals surface area contributed by atoms with Crippen molar-refractivity contribution < 1.29 is 14.3 Å². The Morgan fingerprint density at radius 2 is 1.97 bits per heavy atom. The Hall–Kier alpha value is -2.14. The molecule has 1 amide bonds. The topological polar surface area (TPSA) is 58.6 Å². The summed E-state index contributed by atoms with van der Waals surface area (Å²) in [6, 6.07) is 5.76. The van der Waals surface area contributed by atoms with E-state index in [2.05, 4.69) is 24.1 Å². The average Bonchev–Trinajstić information content (AvgIpc) is 2.79. The Bertz CT molecular complexity index is 892. The molecule has 5 nitrogen and oxygen atoms in total. The van der Waals surface area contributed by atoms with Crippen LogP contribution in [0.4, 0.5) is 0 Å². The van der Waals surface area contributed by atoms with E-state index < -0.39 is 0 Å². The minimum atomic E-state index is -0.297. The molecule has 1 saturated heterocycles. The van der Waals surface area contributed by atoms with Gasteiger partial charge in [-0.25, -0.2) is 4.79 Å². The van der Waals surface area contributed by atoms with E-state index in [9.17, 15) is 9.59 Å². The van der Waals surface area contributed by atoms with Gasteiger partial charge in [0.15, 0.2) is 0 Å². The fraction of sp³-hybridized carbons (Fsp3) is 0.630. The van der Waals surface area contributed by atoms with Gasteiger partial charge in [-0.1, -0.05) is 25.5 Å². The number of nitrogens with one attached hydrogen (secondary N) is 1. The largest absolute Gasteiger partial charge is 0.465 e. The number of hydrogen-bond acceptors (Lipinski definition) is 4. The first-order chi connectivity index (χ1) is 15.3. The summed E-state index contributed by atoms with van der Waals surface area (Å²) in [7, 11) is 1.41. The summed E-state index contributed by atoms with van der Waals surface area (Å²) in [5.74, 6) is 2.12. The molecular weight excluding hydrogens is 400 g/mol. The highest BCUT2D eigenvalue weighted by atomic mass is 16.5. The number of carbonyl (C=O) groups is 2. The highest BCUT2D eigenvalue weighted by molar-refractivity contribution is 5.89. The van der Waals surface area contributed by atoms with E-state index in [0.29, 0.717) is 16.9 Å². The van der Waals surface area contributed by atoms with Gasteiger partial charge in [0.2, 0.25) is 5.91 Å². The summed E-state index contributed by atoms with van der Waals surface area (Å²) in [5.41, 5.74) is 4.66. The lowest BCUT2D eigenvalue weighted by atomic mass is 9.45. The number of methoxy groups -OCH3 is 1. The normalized spacial score (nSPS) is 26.8. The zero-order chi connectivity index (χ0) is 22.9. The van der Waals surface area contributed by atoms with Crippen molar-refractivity contribution in [1.82, 2.24) is 10.2 Å². The minimum Gasteiger partial charge on any atom is -0.465 e. The predicted molar refractivity (Wildman–Crippen MR) is 126 cm³/mol. The van der Waals surface area contributed by atoms with Crippen LogP contribution in [0.15, 0.2) is 29.8 Å². The summed E-state index contributed by atoms with van der Waals surface area (Å²) in [5, 5.41) is 3.20. The first-order valence-corrected chi connectivity index (χ1v) is 12.2. The zero-order valence-electron chi connectivity index (χ0n) is 20.1. The van der Waals surface area contributed by atoms with Gasteiger partial charge in [-0.15, -0.1) is 0 Å². The second kappa shape index (κ2) is 9.38. The number of ether oxygens (including phenoxy) is 1. The molecule has 0 spiro atoms. The average molecular weight is 439 g/mol. The Kier molecular flexibility index (Phi) is 6.75. The molecule has 0 aromatic heterocycles. The third-order valence-electron chi connectivity index (χ3n) is 8.53. The summed E-state index contributed by atoms with van der Waals surface area (Å²) in [6.07, 6.45) is 7.68. The summed E-state index contributed by atoms with van der Waals surface area (Å²) >= 11 is 0. The van der Waals surface area contributed by atoms with Gasteiger partial charge in [0.1, 0.15) is 0 Å². The van der Waals surface area contributed by atoms with Crippen LogP contribution in [0.2, 0.25) is 0 Å². The van der Waals surface area contributed by atoms with Crippen LogP contribution in [0.1, 0.15) is 67.4 Å². The minimum absolute atomic E-state index is 0.0851. The molecule has 1 heterocycles.